The number of benzene rings is 3. The molecule has 1 aliphatic heterocycles. The second-order valence-corrected chi connectivity index (χ2v) is 9.83. The topological polar surface area (TPSA) is 90.7 Å². The van der Waals surface area contributed by atoms with Crippen LogP contribution in [-0.2, 0) is 9.53 Å². The van der Waals surface area contributed by atoms with E-state index < -0.39 is 0 Å². The van der Waals surface area contributed by atoms with Gasteiger partial charge in [-0.15, -0.1) is 0 Å². The van der Waals surface area contributed by atoms with Crippen molar-refractivity contribution in [3.63, 3.8) is 0 Å². The summed E-state index contributed by atoms with van der Waals surface area (Å²) in [5.41, 5.74) is 3.40. The van der Waals surface area contributed by atoms with Crippen molar-refractivity contribution in [2.45, 2.75) is 32.6 Å². The fourth-order valence-electron chi connectivity index (χ4n) is 4.54. The largest absolute Gasteiger partial charge is 0.477 e. The molecule has 0 saturated heterocycles. The molecule has 0 aliphatic carbocycles. The maximum atomic E-state index is 11.6. The van der Waals surface area contributed by atoms with Crippen LogP contribution in [0.15, 0.2) is 65.1 Å². The smallest absolute Gasteiger partial charge is 0.305 e. The third-order valence-electron chi connectivity index (χ3n) is 6.48. The molecule has 0 bridgehead atoms. The fourth-order valence-corrected chi connectivity index (χ4v) is 5.20. The van der Waals surface area contributed by atoms with Crippen LogP contribution in [-0.4, -0.2) is 31.0 Å². The van der Waals surface area contributed by atoms with E-state index in [-0.39, 0.29) is 18.6 Å². The third kappa shape index (κ3) is 5.84. The number of nitriles is 1. The molecular formula is C31H27BrN2O5. The molecule has 0 unspecified atom stereocenters. The first-order valence-corrected chi connectivity index (χ1v) is 13.7. The third-order valence-corrected chi connectivity index (χ3v) is 7.27. The zero-order chi connectivity index (χ0) is 27.2. The van der Waals surface area contributed by atoms with Crippen LogP contribution in [0.2, 0.25) is 0 Å². The second kappa shape index (κ2) is 12.2. The van der Waals surface area contributed by atoms with Gasteiger partial charge in [0.2, 0.25) is 12.7 Å². The molecule has 198 valence electrons. The van der Waals surface area contributed by atoms with E-state index in [0.717, 1.165) is 34.7 Å². The summed E-state index contributed by atoms with van der Waals surface area (Å²) in [4.78, 5) is 16.4. The number of halogens is 1. The van der Waals surface area contributed by atoms with Gasteiger partial charge >= 0.3 is 5.97 Å². The number of ether oxygens (including phenoxy) is 4. The molecule has 0 saturated carbocycles. The Labute approximate surface area is 235 Å². The van der Waals surface area contributed by atoms with Crippen molar-refractivity contribution in [1.82, 2.24) is 4.98 Å². The molecule has 2 heterocycles. The summed E-state index contributed by atoms with van der Waals surface area (Å²) in [5.74, 6) is 1.33. The maximum absolute atomic E-state index is 11.6. The van der Waals surface area contributed by atoms with E-state index in [4.69, 9.17) is 23.9 Å². The van der Waals surface area contributed by atoms with Crippen molar-refractivity contribution in [2.24, 2.45) is 0 Å². The molecule has 8 heteroatoms. The van der Waals surface area contributed by atoms with Crippen molar-refractivity contribution in [1.29, 1.82) is 5.26 Å². The Morgan fingerprint density at radius 1 is 1.03 bits per heavy atom. The monoisotopic (exact) mass is 586 g/mol. The van der Waals surface area contributed by atoms with Gasteiger partial charge in [0.05, 0.1) is 23.4 Å². The van der Waals surface area contributed by atoms with Crippen molar-refractivity contribution in [2.75, 3.05) is 20.0 Å². The first kappa shape index (κ1) is 26.5. The van der Waals surface area contributed by atoms with E-state index in [9.17, 15) is 10.1 Å². The Morgan fingerprint density at radius 2 is 1.87 bits per heavy atom. The van der Waals surface area contributed by atoms with Crippen LogP contribution in [0, 0.1) is 11.3 Å². The SMILES string of the molecule is CCOC(=O)CCCCCOc1nc(-c2ccc3ccccc3c2)cc(-c2ccc3c(c2Br)OCO3)c1C#N. The van der Waals surface area contributed by atoms with Crippen LogP contribution < -0.4 is 14.2 Å². The van der Waals surface area contributed by atoms with Crippen LogP contribution in [0.3, 0.4) is 0 Å². The average Bonchev–Trinajstić information content (AvgIpc) is 3.44. The van der Waals surface area contributed by atoms with Crippen molar-refractivity contribution in [3.05, 3.63) is 70.7 Å². The van der Waals surface area contributed by atoms with Gasteiger partial charge < -0.3 is 18.9 Å². The predicted molar refractivity (Wildman–Crippen MR) is 152 cm³/mol. The number of pyridine rings is 1. The number of esters is 1. The zero-order valence-corrected chi connectivity index (χ0v) is 23.1. The van der Waals surface area contributed by atoms with E-state index in [1.165, 1.54) is 0 Å². The molecule has 0 spiro atoms. The number of hydrogen-bond donors (Lipinski definition) is 0. The molecule has 4 aromatic rings. The van der Waals surface area contributed by atoms with E-state index in [2.05, 4.69) is 46.3 Å². The summed E-state index contributed by atoms with van der Waals surface area (Å²) in [7, 11) is 0. The van der Waals surface area contributed by atoms with Gasteiger partial charge in [-0.05, 0) is 77.2 Å². The van der Waals surface area contributed by atoms with E-state index in [1.54, 1.807) is 6.92 Å². The lowest BCUT2D eigenvalue weighted by atomic mass is 9.97. The van der Waals surface area contributed by atoms with Crippen LogP contribution >= 0.6 is 15.9 Å². The lowest BCUT2D eigenvalue weighted by molar-refractivity contribution is -0.143. The highest BCUT2D eigenvalue weighted by Gasteiger charge is 2.24. The second-order valence-electron chi connectivity index (χ2n) is 9.03. The lowest BCUT2D eigenvalue weighted by Crippen LogP contribution is -2.05. The molecule has 0 fully saturated rings. The number of fused-ring (bicyclic) bond motifs is 2. The zero-order valence-electron chi connectivity index (χ0n) is 21.5. The number of nitrogens with zero attached hydrogens (tertiary/aromatic N) is 2. The number of carbonyl (C=O) groups is 1. The minimum Gasteiger partial charge on any atom is -0.477 e. The van der Waals surface area contributed by atoms with E-state index in [1.807, 2.05) is 36.4 Å². The summed E-state index contributed by atoms with van der Waals surface area (Å²) >= 11 is 3.66. The van der Waals surface area contributed by atoms with Gasteiger partial charge in [0.15, 0.2) is 11.5 Å². The van der Waals surface area contributed by atoms with Crippen molar-refractivity contribution in [3.8, 4) is 45.8 Å². The molecule has 7 nitrogen and oxygen atoms in total. The Kier molecular flexibility index (Phi) is 8.28. The van der Waals surface area contributed by atoms with Gasteiger partial charge in [-0.2, -0.15) is 5.26 Å². The average molecular weight is 587 g/mol. The quantitative estimate of drug-likeness (QED) is 0.141. The Balaban J connectivity index is 1.48. The Morgan fingerprint density at radius 3 is 2.69 bits per heavy atom. The molecule has 0 atom stereocenters. The van der Waals surface area contributed by atoms with Gasteiger partial charge in [0, 0.05) is 23.1 Å². The molecule has 0 amide bonds. The van der Waals surface area contributed by atoms with E-state index >= 15 is 0 Å². The van der Waals surface area contributed by atoms with Gasteiger partial charge in [0.1, 0.15) is 11.6 Å². The van der Waals surface area contributed by atoms with E-state index in [0.29, 0.717) is 58.8 Å². The summed E-state index contributed by atoms with van der Waals surface area (Å²) in [6.45, 7) is 2.70. The van der Waals surface area contributed by atoms with Crippen molar-refractivity contribution >= 4 is 32.7 Å². The van der Waals surface area contributed by atoms with Crippen LogP contribution in [0.1, 0.15) is 38.2 Å². The molecule has 5 rings (SSSR count). The number of unbranched alkanes of at least 4 members (excludes halogenated alkanes) is 2. The predicted octanol–water partition coefficient (Wildman–Crippen LogP) is 7.43. The maximum Gasteiger partial charge on any atom is 0.305 e. The highest BCUT2D eigenvalue weighted by Crippen LogP contribution is 2.46. The molecular weight excluding hydrogens is 560 g/mol. The number of rotatable bonds is 10. The highest BCUT2D eigenvalue weighted by molar-refractivity contribution is 9.10. The molecule has 0 radical (unpaired) electrons. The number of carbonyl (C=O) groups excluding carboxylic acids is 1. The number of hydrogen-bond acceptors (Lipinski definition) is 7. The summed E-state index contributed by atoms with van der Waals surface area (Å²) in [6.07, 6.45) is 2.61. The summed E-state index contributed by atoms with van der Waals surface area (Å²) < 4.78 is 23.0. The first-order valence-electron chi connectivity index (χ1n) is 12.9. The molecule has 0 N–H and O–H groups in total. The number of aromatic nitrogens is 1. The van der Waals surface area contributed by atoms with Gasteiger partial charge in [-0.1, -0.05) is 36.4 Å². The minimum absolute atomic E-state index is 0.145. The summed E-state index contributed by atoms with van der Waals surface area (Å²) in [6, 6.07) is 22.3. The Bertz CT molecular complexity index is 1560. The summed E-state index contributed by atoms with van der Waals surface area (Å²) in [5, 5.41) is 12.4. The van der Waals surface area contributed by atoms with Crippen LogP contribution in [0.5, 0.6) is 17.4 Å². The van der Waals surface area contributed by atoms with Gasteiger partial charge in [-0.25, -0.2) is 4.98 Å². The van der Waals surface area contributed by atoms with Gasteiger partial charge in [-0.3, -0.25) is 4.79 Å². The normalized spacial score (nSPS) is 11.8. The van der Waals surface area contributed by atoms with Gasteiger partial charge in [0.25, 0.3) is 0 Å². The fraction of sp³-hybridized carbons (Fsp3) is 0.258. The van der Waals surface area contributed by atoms with Crippen LogP contribution in [0.25, 0.3) is 33.2 Å². The molecule has 39 heavy (non-hydrogen) atoms. The van der Waals surface area contributed by atoms with Crippen molar-refractivity contribution < 1.29 is 23.7 Å². The highest BCUT2D eigenvalue weighted by atomic mass is 79.9. The molecule has 3 aromatic carbocycles. The standard InChI is InChI=1S/C31H27BrN2O5/c1-2-36-28(35)10-4-3-7-15-37-31-25(18-33)24(23-13-14-27-30(29(23)32)39-19-38-27)17-26(34-31)22-12-11-20-8-5-6-9-21(20)16-22/h5-6,8-9,11-14,16-17H,2-4,7,10,15,19H2,1H3. The Hall–Kier alpha value is -4.09. The molecule has 1 aromatic heterocycles. The first-order chi connectivity index (χ1) is 19.1. The lowest BCUT2D eigenvalue weighted by Gasteiger charge is -2.15. The van der Waals surface area contributed by atoms with Crippen LogP contribution in [0.4, 0.5) is 0 Å². The molecule has 1 aliphatic rings. The minimum atomic E-state index is -0.186.